The molecule has 0 aliphatic heterocycles. The Morgan fingerprint density at radius 2 is 1.90 bits per heavy atom. The van der Waals surface area contributed by atoms with E-state index >= 15 is 0 Å². The second-order valence-electron chi connectivity index (χ2n) is 11.5. The Morgan fingerprint density at radius 3 is 2.54 bits per heavy atom. The van der Waals surface area contributed by atoms with Crippen molar-refractivity contribution in [1.82, 2.24) is 25.1 Å². The summed E-state index contributed by atoms with van der Waals surface area (Å²) in [6.45, 7) is 0.410. The molecule has 1 N–H and O–H groups in total. The predicted octanol–water partition coefficient (Wildman–Crippen LogP) is 5.92. The number of ether oxygens (including phenoxy) is 2. The van der Waals surface area contributed by atoms with Gasteiger partial charge in [-0.15, -0.1) is 0 Å². The summed E-state index contributed by atoms with van der Waals surface area (Å²) < 4.78 is 25.3. The number of hydrogen-bond acceptors (Lipinski definition) is 9. The molecule has 8 rings (SSSR count). The van der Waals surface area contributed by atoms with Gasteiger partial charge >= 0.3 is 5.97 Å². The van der Waals surface area contributed by atoms with Crippen molar-refractivity contribution in [3.63, 3.8) is 0 Å². The number of nitrogens with zero attached hydrogens (tertiary/aromatic N) is 5. The van der Waals surface area contributed by atoms with E-state index in [0.29, 0.717) is 40.5 Å². The van der Waals surface area contributed by atoms with Crippen LogP contribution in [0.5, 0.6) is 5.75 Å². The van der Waals surface area contributed by atoms with Crippen LogP contribution in [0.4, 0.5) is 0 Å². The van der Waals surface area contributed by atoms with E-state index in [9.17, 15) is 9.90 Å². The first-order valence-corrected chi connectivity index (χ1v) is 14.3. The van der Waals surface area contributed by atoms with Crippen LogP contribution in [0.2, 0.25) is 5.02 Å². The lowest BCUT2D eigenvalue weighted by molar-refractivity contribution is -0.130. The van der Waals surface area contributed by atoms with E-state index < -0.39 is 5.97 Å². The highest BCUT2D eigenvalue weighted by Gasteiger charge is 2.53. The third-order valence-corrected chi connectivity index (χ3v) is 9.43. The predicted molar refractivity (Wildman–Crippen MR) is 146 cm³/mol. The molecule has 2 bridgehead atoms. The average molecular weight is 580 g/mol. The van der Waals surface area contributed by atoms with Crippen LogP contribution in [-0.4, -0.2) is 48.9 Å². The van der Waals surface area contributed by atoms with Crippen molar-refractivity contribution >= 4 is 17.6 Å². The number of rotatable bonds is 9. The third kappa shape index (κ3) is 4.42. The van der Waals surface area contributed by atoms with Gasteiger partial charge in [0.25, 0.3) is 0 Å². The minimum atomic E-state index is -1.08. The number of aromatic carboxylic acids is 1. The second kappa shape index (κ2) is 9.70. The van der Waals surface area contributed by atoms with Gasteiger partial charge in [0.05, 0.1) is 41.5 Å². The lowest BCUT2D eigenvalue weighted by Gasteiger charge is -2.51. The number of carbonyl (C=O) groups is 1. The molecule has 0 unspecified atom stereocenters. The van der Waals surface area contributed by atoms with Gasteiger partial charge < -0.3 is 23.6 Å². The molecule has 4 aliphatic carbocycles. The van der Waals surface area contributed by atoms with E-state index in [4.69, 9.17) is 35.1 Å². The monoisotopic (exact) mass is 579 g/mol. The van der Waals surface area contributed by atoms with Gasteiger partial charge in [-0.25, -0.2) is 4.79 Å². The fraction of sp³-hybridized carbons (Fsp3) is 0.483. The van der Waals surface area contributed by atoms with Crippen LogP contribution in [0.25, 0.3) is 22.8 Å². The molecule has 0 saturated heterocycles. The van der Waals surface area contributed by atoms with Crippen molar-refractivity contribution in [2.75, 3.05) is 7.11 Å². The molecule has 4 fully saturated rings. The normalized spacial score (nSPS) is 23.7. The molecule has 4 saturated carbocycles. The van der Waals surface area contributed by atoms with Crippen molar-refractivity contribution in [3.8, 4) is 28.5 Å². The Labute approximate surface area is 240 Å². The third-order valence-electron chi connectivity index (χ3n) is 9.15. The van der Waals surface area contributed by atoms with Crippen molar-refractivity contribution in [1.29, 1.82) is 0 Å². The zero-order valence-electron chi connectivity index (χ0n) is 22.9. The minimum Gasteiger partial charge on any atom is -0.496 e. The van der Waals surface area contributed by atoms with Gasteiger partial charge in [0.15, 0.2) is 0 Å². The molecule has 11 nitrogen and oxygen atoms in total. The summed E-state index contributed by atoms with van der Waals surface area (Å²) in [6.07, 6.45) is 9.05. The number of aromatic nitrogens is 5. The number of aryl methyl sites for hydroxylation is 1. The summed E-state index contributed by atoms with van der Waals surface area (Å²) in [5.74, 6) is 1.47. The molecule has 1 aromatic carbocycles. The molecular formula is C29H30ClN5O6. The molecule has 3 aromatic heterocycles. The molecule has 214 valence electrons. The van der Waals surface area contributed by atoms with E-state index in [-0.39, 0.29) is 22.3 Å². The quantitative estimate of drug-likeness (QED) is 0.254. The highest BCUT2D eigenvalue weighted by atomic mass is 35.5. The smallest absolute Gasteiger partial charge is 0.339 e. The molecule has 3 heterocycles. The zero-order chi connectivity index (χ0) is 28.4. The van der Waals surface area contributed by atoms with Crippen LogP contribution in [0.1, 0.15) is 84.9 Å². The molecular weight excluding hydrogens is 550 g/mol. The zero-order valence-corrected chi connectivity index (χ0v) is 23.6. The maximum atomic E-state index is 11.7. The molecule has 0 atom stereocenters. The lowest BCUT2D eigenvalue weighted by atomic mass is 9.58. The highest BCUT2D eigenvalue weighted by molar-refractivity contribution is 6.33. The van der Waals surface area contributed by atoms with Crippen LogP contribution in [0, 0.1) is 0 Å². The Morgan fingerprint density at radius 1 is 1.15 bits per heavy atom. The molecule has 4 aromatic rings. The fourth-order valence-electron chi connectivity index (χ4n) is 6.48. The van der Waals surface area contributed by atoms with Crippen LogP contribution in [-0.2, 0) is 23.8 Å². The summed E-state index contributed by atoms with van der Waals surface area (Å²) in [6, 6.07) is 4.87. The second-order valence-corrected chi connectivity index (χ2v) is 11.9. The van der Waals surface area contributed by atoms with E-state index in [0.717, 1.165) is 68.4 Å². The number of methoxy groups -OCH3 is 1. The van der Waals surface area contributed by atoms with Gasteiger partial charge in [-0.2, -0.15) is 10.1 Å². The largest absolute Gasteiger partial charge is 0.496 e. The summed E-state index contributed by atoms with van der Waals surface area (Å²) in [5.41, 5.74) is 2.60. The maximum Gasteiger partial charge on any atom is 0.339 e. The van der Waals surface area contributed by atoms with E-state index in [2.05, 4.69) is 15.4 Å². The van der Waals surface area contributed by atoms with Gasteiger partial charge in [0.1, 0.15) is 28.5 Å². The summed E-state index contributed by atoms with van der Waals surface area (Å²) in [4.78, 5) is 16.4. The Hall–Kier alpha value is -3.70. The van der Waals surface area contributed by atoms with Crippen molar-refractivity contribution in [3.05, 3.63) is 52.2 Å². The summed E-state index contributed by atoms with van der Waals surface area (Å²) in [5, 5.41) is 23.0. The number of halogens is 1. The number of carboxylic acid groups (broad SMARTS) is 1. The number of carboxylic acids is 1. The Balaban J connectivity index is 1.08. The van der Waals surface area contributed by atoms with Crippen molar-refractivity contribution in [2.45, 2.75) is 74.9 Å². The maximum absolute atomic E-state index is 11.7. The average Bonchev–Trinajstić information content (AvgIpc) is 3.40. The van der Waals surface area contributed by atoms with Gasteiger partial charge in [0.2, 0.25) is 11.7 Å². The first kappa shape index (κ1) is 26.2. The number of fused-ring (bicyclic) bond motifs is 3. The first-order valence-electron chi connectivity index (χ1n) is 13.9. The topological polar surface area (TPSA) is 139 Å². The van der Waals surface area contributed by atoms with E-state index in [1.165, 1.54) is 13.2 Å². The molecule has 41 heavy (non-hydrogen) atoms. The highest BCUT2D eigenvalue weighted by Crippen LogP contribution is 2.55. The van der Waals surface area contributed by atoms with Gasteiger partial charge in [-0.3, -0.25) is 4.68 Å². The minimum absolute atomic E-state index is 0.0539. The Kier molecular flexibility index (Phi) is 6.20. The molecule has 0 spiro atoms. The SMILES string of the molecule is COc1ccc(-c2noc(C34CCC(OCc5c(-c6c(Cl)cnn6C)noc5C5CC5)(CC3)CC4)n2)cc1C(=O)O. The Bertz CT molecular complexity index is 1590. The lowest BCUT2D eigenvalue weighted by Crippen LogP contribution is -2.49. The van der Waals surface area contributed by atoms with Crippen LogP contribution >= 0.6 is 11.6 Å². The van der Waals surface area contributed by atoms with Gasteiger partial charge in [0, 0.05) is 18.5 Å². The van der Waals surface area contributed by atoms with Gasteiger partial charge in [-0.1, -0.05) is 21.9 Å². The number of hydrogen-bond donors (Lipinski definition) is 1. The molecule has 12 heteroatoms. The standard InChI is InChI=1S/C29H30ClN5O6/c1-35-23(20(30)14-31-35)22-19(24(40-33-22)16-3-4-16)15-39-29-10-7-28(8-11-29,9-12-29)27-32-25(34-41-27)17-5-6-21(38-2)18(13-17)26(36)37/h5-6,13-14,16H,3-4,7-12,15H2,1-2H3,(H,36,37). The fourth-order valence-corrected chi connectivity index (χ4v) is 6.73. The van der Waals surface area contributed by atoms with Crippen LogP contribution < -0.4 is 4.74 Å². The van der Waals surface area contributed by atoms with Gasteiger partial charge in [-0.05, 0) is 69.6 Å². The molecule has 0 radical (unpaired) electrons. The van der Waals surface area contributed by atoms with E-state index in [1.54, 1.807) is 23.0 Å². The molecule has 4 aliphatic rings. The van der Waals surface area contributed by atoms with E-state index in [1.807, 2.05) is 7.05 Å². The van der Waals surface area contributed by atoms with Crippen molar-refractivity contribution in [2.24, 2.45) is 7.05 Å². The molecule has 0 amide bonds. The summed E-state index contributed by atoms with van der Waals surface area (Å²) in [7, 11) is 3.29. The van der Waals surface area contributed by atoms with Crippen molar-refractivity contribution < 1.29 is 28.4 Å². The number of benzene rings is 1. The first-order chi connectivity index (χ1) is 19.8. The summed E-state index contributed by atoms with van der Waals surface area (Å²) >= 11 is 6.46. The van der Waals surface area contributed by atoms with Crippen LogP contribution in [0.15, 0.2) is 33.4 Å². The van der Waals surface area contributed by atoms with Crippen LogP contribution in [0.3, 0.4) is 0 Å².